The van der Waals surface area contributed by atoms with E-state index in [1.807, 2.05) is 36.4 Å². The summed E-state index contributed by atoms with van der Waals surface area (Å²) in [5, 5.41) is 2.85. The Balaban J connectivity index is 1.49. The Morgan fingerprint density at radius 3 is 2.47 bits per heavy atom. The van der Waals surface area contributed by atoms with Gasteiger partial charge in [-0.1, -0.05) is 12.1 Å². The molecular formula is C23H25NO6. The molecule has 0 aliphatic rings. The van der Waals surface area contributed by atoms with Gasteiger partial charge < -0.3 is 28.7 Å². The number of methoxy groups -OCH3 is 3. The minimum Gasteiger partial charge on any atom is -0.497 e. The summed E-state index contributed by atoms with van der Waals surface area (Å²) in [5.41, 5.74) is 1.03. The Labute approximate surface area is 175 Å². The number of nitrogens with one attached hydrogen (secondary N) is 1. The number of rotatable bonds is 10. The lowest BCUT2D eigenvalue weighted by molar-refractivity contribution is 0.0922. The summed E-state index contributed by atoms with van der Waals surface area (Å²) in [6, 6.07) is 16.3. The van der Waals surface area contributed by atoms with Gasteiger partial charge in [0.15, 0.2) is 17.3 Å². The second kappa shape index (κ2) is 10.2. The molecule has 0 saturated heterocycles. The van der Waals surface area contributed by atoms with Gasteiger partial charge in [0.25, 0.3) is 5.91 Å². The Bertz CT molecular complexity index is 981. The Kier molecular flexibility index (Phi) is 7.21. The fourth-order valence-corrected chi connectivity index (χ4v) is 2.87. The molecule has 0 spiro atoms. The maximum absolute atomic E-state index is 12.3. The summed E-state index contributed by atoms with van der Waals surface area (Å²) in [4.78, 5) is 12.3. The molecule has 1 heterocycles. The van der Waals surface area contributed by atoms with Gasteiger partial charge >= 0.3 is 0 Å². The van der Waals surface area contributed by atoms with E-state index < -0.39 is 0 Å². The topological polar surface area (TPSA) is 79.2 Å². The molecule has 0 atom stereocenters. The number of amides is 1. The molecule has 0 unspecified atom stereocenters. The van der Waals surface area contributed by atoms with Crippen LogP contribution in [0.5, 0.6) is 23.0 Å². The second-order valence-corrected chi connectivity index (χ2v) is 6.43. The summed E-state index contributed by atoms with van der Waals surface area (Å²) in [7, 11) is 4.79. The van der Waals surface area contributed by atoms with Crippen LogP contribution in [0.4, 0.5) is 0 Å². The number of carbonyl (C=O) groups excluding carboxylic acids is 1. The molecule has 1 N–H and O–H groups in total. The SMILES string of the molecule is COc1cccc(OCc2ccc(C(=O)NCCc3ccc(OC)c(OC)c3)o2)c1. The van der Waals surface area contributed by atoms with E-state index in [0.717, 1.165) is 5.56 Å². The number of hydrogen-bond donors (Lipinski definition) is 1. The largest absolute Gasteiger partial charge is 0.497 e. The molecule has 0 fully saturated rings. The highest BCUT2D eigenvalue weighted by Crippen LogP contribution is 2.27. The molecule has 0 aliphatic carbocycles. The molecule has 1 amide bonds. The van der Waals surface area contributed by atoms with Crippen molar-refractivity contribution in [3.8, 4) is 23.0 Å². The summed E-state index contributed by atoms with van der Waals surface area (Å²) < 4.78 is 27.0. The van der Waals surface area contributed by atoms with E-state index in [0.29, 0.717) is 41.7 Å². The van der Waals surface area contributed by atoms with Gasteiger partial charge in [0, 0.05) is 12.6 Å². The highest BCUT2D eigenvalue weighted by molar-refractivity contribution is 5.91. The molecule has 3 aromatic rings. The quantitative estimate of drug-likeness (QED) is 0.546. The smallest absolute Gasteiger partial charge is 0.287 e. The number of benzene rings is 2. The third kappa shape index (κ3) is 5.47. The van der Waals surface area contributed by atoms with Crippen molar-refractivity contribution in [1.29, 1.82) is 0 Å². The van der Waals surface area contributed by atoms with Crippen LogP contribution in [0.15, 0.2) is 59.0 Å². The van der Waals surface area contributed by atoms with E-state index in [1.54, 1.807) is 39.5 Å². The molecule has 2 aromatic carbocycles. The van der Waals surface area contributed by atoms with E-state index in [9.17, 15) is 4.79 Å². The molecule has 7 heteroatoms. The predicted molar refractivity (Wildman–Crippen MR) is 112 cm³/mol. The first-order valence-electron chi connectivity index (χ1n) is 9.47. The van der Waals surface area contributed by atoms with Crippen LogP contribution in [0.25, 0.3) is 0 Å². The van der Waals surface area contributed by atoms with Crippen LogP contribution in [-0.4, -0.2) is 33.8 Å². The van der Waals surface area contributed by atoms with E-state index in [2.05, 4.69) is 5.32 Å². The van der Waals surface area contributed by atoms with Gasteiger partial charge in [-0.05, 0) is 48.4 Å². The van der Waals surface area contributed by atoms with Crippen LogP contribution in [-0.2, 0) is 13.0 Å². The van der Waals surface area contributed by atoms with Crippen LogP contribution in [0.2, 0.25) is 0 Å². The maximum atomic E-state index is 12.3. The van der Waals surface area contributed by atoms with Gasteiger partial charge in [-0.25, -0.2) is 0 Å². The third-order valence-electron chi connectivity index (χ3n) is 4.45. The lowest BCUT2D eigenvalue weighted by atomic mass is 10.1. The maximum Gasteiger partial charge on any atom is 0.287 e. The van der Waals surface area contributed by atoms with Crippen molar-refractivity contribution in [2.75, 3.05) is 27.9 Å². The van der Waals surface area contributed by atoms with E-state index in [1.165, 1.54) is 0 Å². The van der Waals surface area contributed by atoms with E-state index >= 15 is 0 Å². The zero-order chi connectivity index (χ0) is 21.3. The first-order chi connectivity index (χ1) is 14.6. The highest BCUT2D eigenvalue weighted by atomic mass is 16.5. The van der Waals surface area contributed by atoms with Gasteiger partial charge in [-0.2, -0.15) is 0 Å². The lowest BCUT2D eigenvalue weighted by Crippen LogP contribution is -2.25. The molecule has 158 valence electrons. The van der Waals surface area contributed by atoms with Gasteiger partial charge in [0.2, 0.25) is 0 Å². The Hall–Kier alpha value is -3.61. The lowest BCUT2D eigenvalue weighted by Gasteiger charge is -2.10. The fourth-order valence-electron chi connectivity index (χ4n) is 2.87. The van der Waals surface area contributed by atoms with Crippen molar-refractivity contribution >= 4 is 5.91 Å². The standard InChI is InChI=1S/C23H25NO6/c1-26-17-5-4-6-18(14-17)29-15-19-8-10-21(30-19)23(25)24-12-11-16-7-9-20(27-2)22(13-16)28-3/h4-10,13-14H,11-12,15H2,1-3H3,(H,24,25). The number of furan rings is 1. The average molecular weight is 411 g/mol. The van der Waals surface area contributed by atoms with Crippen LogP contribution in [0.3, 0.4) is 0 Å². The number of ether oxygens (including phenoxy) is 4. The van der Waals surface area contributed by atoms with Crippen molar-refractivity contribution in [2.24, 2.45) is 0 Å². The van der Waals surface area contributed by atoms with E-state index in [4.69, 9.17) is 23.4 Å². The summed E-state index contributed by atoms with van der Waals surface area (Å²) >= 11 is 0. The monoisotopic (exact) mass is 411 g/mol. The molecule has 0 bridgehead atoms. The minimum atomic E-state index is -0.275. The first-order valence-corrected chi connectivity index (χ1v) is 9.47. The zero-order valence-corrected chi connectivity index (χ0v) is 17.3. The van der Waals surface area contributed by atoms with Crippen molar-refractivity contribution < 1.29 is 28.2 Å². The normalized spacial score (nSPS) is 10.4. The average Bonchev–Trinajstić information content (AvgIpc) is 3.27. The molecule has 7 nitrogen and oxygen atoms in total. The number of carbonyl (C=O) groups is 1. The first kappa shape index (κ1) is 21.1. The van der Waals surface area contributed by atoms with Gasteiger partial charge in [0.1, 0.15) is 23.9 Å². The highest BCUT2D eigenvalue weighted by Gasteiger charge is 2.12. The van der Waals surface area contributed by atoms with Gasteiger partial charge in [-0.15, -0.1) is 0 Å². The van der Waals surface area contributed by atoms with Gasteiger partial charge in [-0.3, -0.25) is 4.79 Å². The molecule has 3 rings (SSSR count). The molecular weight excluding hydrogens is 386 g/mol. The van der Waals surface area contributed by atoms with Crippen molar-refractivity contribution in [1.82, 2.24) is 5.32 Å². The molecule has 0 saturated carbocycles. The van der Waals surface area contributed by atoms with Gasteiger partial charge in [0.05, 0.1) is 21.3 Å². The summed E-state index contributed by atoms with van der Waals surface area (Å²) in [5.74, 6) is 3.23. The zero-order valence-electron chi connectivity index (χ0n) is 17.3. The van der Waals surface area contributed by atoms with Crippen LogP contribution in [0.1, 0.15) is 21.9 Å². The van der Waals surface area contributed by atoms with E-state index in [-0.39, 0.29) is 18.3 Å². The molecule has 0 aliphatic heterocycles. The number of hydrogen-bond acceptors (Lipinski definition) is 6. The molecule has 30 heavy (non-hydrogen) atoms. The summed E-state index contributed by atoms with van der Waals surface area (Å²) in [6.45, 7) is 0.677. The van der Waals surface area contributed by atoms with Crippen molar-refractivity contribution in [3.63, 3.8) is 0 Å². The van der Waals surface area contributed by atoms with Crippen molar-refractivity contribution in [3.05, 3.63) is 71.7 Å². The Morgan fingerprint density at radius 1 is 0.900 bits per heavy atom. The fraction of sp³-hybridized carbons (Fsp3) is 0.261. The third-order valence-corrected chi connectivity index (χ3v) is 4.45. The van der Waals surface area contributed by atoms with Crippen LogP contribution < -0.4 is 24.3 Å². The molecule has 1 aromatic heterocycles. The molecule has 0 radical (unpaired) electrons. The predicted octanol–water partition coefficient (Wildman–Crippen LogP) is 3.86. The second-order valence-electron chi connectivity index (χ2n) is 6.43. The van der Waals surface area contributed by atoms with Crippen molar-refractivity contribution in [2.45, 2.75) is 13.0 Å². The Morgan fingerprint density at radius 2 is 1.70 bits per heavy atom. The summed E-state index contributed by atoms with van der Waals surface area (Å²) in [6.07, 6.45) is 0.651. The van der Waals surface area contributed by atoms with Crippen LogP contribution >= 0.6 is 0 Å². The van der Waals surface area contributed by atoms with Crippen LogP contribution in [0, 0.1) is 0 Å². The minimum absolute atomic E-state index is 0.214.